The van der Waals surface area contributed by atoms with Crippen LogP contribution in [0.15, 0.2) is 86.5 Å². The van der Waals surface area contributed by atoms with Gasteiger partial charge >= 0.3 is 0 Å². The van der Waals surface area contributed by atoms with Gasteiger partial charge in [0, 0.05) is 12.8 Å². The summed E-state index contributed by atoms with van der Waals surface area (Å²) < 4.78 is 0. The van der Waals surface area contributed by atoms with Crippen LogP contribution in [0.4, 0.5) is 0 Å². The molecule has 164 valence electrons. The van der Waals surface area contributed by atoms with Crippen molar-refractivity contribution in [2.75, 3.05) is 0 Å². The van der Waals surface area contributed by atoms with Crippen molar-refractivity contribution in [2.24, 2.45) is 0 Å². The SMILES string of the molecule is C=CCc1ccc(O)c(Cc2cc(CC=C)cc(Cc3cc(CC=C)ccc3O)c2O)c1. The van der Waals surface area contributed by atoms with Gasteiger partial charge in [0.05, 0.1) is 0 Å². The third-order valence-electron chi connectivity index (χ3n) is 5.52. The lowest BCUT2D eigenvalue weighted by Crippen LogP contribution is -1.99. The van der Waals surface area contributed by atoms with Crippen LogP contribution in [0.3, 0.4) is 0 Å². The number of hydrogen-bond donors (Lipinski definition) is 3. The molecule has 0 aliphatic heterocycles. The van der Waals surface area contributed by atoms with Gasteiger partial charge in [-0.25, -0.2) is 0 Å². The maximum absolute atomic E-state index is 11.1. The summed E-state index contributed by atoms with van der Waals surface area (Å²) >= 11 is 0. The molecule has 3 N–H and O–H groups in total. The average molecular weight is 427 g/mol. The van der Waals surface area contributed by atoms with Gasteiger partial charge in [0.25, 0.3) is 0 Å². The Kier molecular flexibility index (Phi) is 7.56. The Balaban J connectivity index is 2.01. The fraction of sp³-hybridized carbons (Fsp3) is 0.172. The number of phenolic OH excluding ortho intramolecular Hbond substituents is 3. The van der Waals surface area contributed by atoms with Gasteiger partial charge in [-0.1, -0.05) is 54.6 Å². The molecule has 0 bridgehead atoms. The highest BCUT2D eigenvalue weighted by Gasteiger charge is 2.15. The Bertz CT molecular complexity index is 1060. The number of hydrogen-bond acceptors (Lipinski definition) is 3. The number of allylic oxidation sites excluding steroid dienone is 3. The highest BCUT2D eigenvalue weighted by Crippen LogP contribution is 2.33. The number of benzene rings is 3. The van der Waals surface area contributed by atoms with E-state index in [0.717, 1.165) is 38.9 Å². The molecule has 32 heavy (non-hydrogen) atoms. The van der Waals surface area contributed by atoms with Crippen LogP contribution in [0.2, 0.25) is 0 Å². The Hall–Kier alpha value is -3.72. The van der Waals surface area contributed by atoms with Gasteiger partial charge in [-0.05, 0) is 70.3 Å². The standard InChI is InChI=1S/C29H30O3/c1-4-7-20-10-12-27(30)23(14-20)18-25-16-22(9-6-3)17-26(29(25)32)19-24-15-21(8-5-2)11-13-28(24)31/h4-6,10-17,30-32H,1-3,7-9,18-19H2. The second-order valence-corrected chi connectivity index (χ2v) is 8.02. The first-order valence-corrected chi connectivity index (χ1v) is 10.7. The third-order valence-corrected chi connectivity index (χ3v) is 5.52. The van der Waals surface area contributed by atoms with Crippen LogP contribution in [-0.4, -0.2) is 15.3 Å². The van der Waals surface area contributed by atoms with Crippen LogP contribution in [0.5, 0.6) is 17.2 Å². The summed E-state index contributed by atoms with van der Waals surface area (Å²) in [6.07, 6.45) is 8.33. The van der Waals surface area contributed by atoms with Crippen LogP contribution in [0.25, 0.3) is 0 Å². The Morgan fingerprint density at radius 1 is 0.531 bits per heavy atom. The first kappa shape index (κ1) is 23.0. The van der Waals surface area contributed by atoms with E-state index in [1.165, 1.54) is 0 Å². The predicted molar refractivity (Wildman–Crippen MR) is 132 cm³/mol. The van der Waals surface area contributed by atoms with E-state index in [1.54, 1.807) is 12.1 Å². The molecule has 0 aliphatic carbocycles. The summed E-state index contributed by atoms with van der Waals surface area (Å²) in [6, 6.07) is 14.9. The van der Waals surface area contributed by atoms with E-state index in [1.807, 2.05) is 54.6 Å². The molecule has 0 saturated heterocycles. The van der Waals surface area contributed by atoms with Crippen LogP contribution in [-0.2, 0) is 32.1 Å². The summed E-state index contributed by atoms with van der Waals surface area (Å²) in [4.78, 5) is 0. The van der Waals surface area contributed by atoms with Crippen molar-refractivity contribution in [3.05, 3.63) is 125 Å². The van der Waals surface area contributed by atoms with Gasteiger partial charge in [0.2, 0.25) is 0 Å². The predicted octanol–water partition coefficient (Wildman–Crippen LogP) is 6.17. The molecule has 0 radical (unpaired) electrons. The monoisotopic (exact) mass is 426 g/mol. The minimum Gasteiger partial charge on any atom is -0.508 e. The van der Waals surface area contributed by atoms with E-state index in [9.17, 15) is 15.3 Å². The Morgan fingerprint density at radius 2 is 0.906 bits per heavy atom. The van der Waals surface area contributed by atoms with E-state index in [0.29, 0.717) is 32.1 Å². The zero-order chi connectivity index (χ0) is 23.1. The quantitative estimate of drug-likeness (QED) is 0.340. The lowest BCUT2D eigenvalue weighted by Gasteiger charge is -2.15. The summed E-state index contributed by atoms with van der Waals surface area (Å²) in [5.74, 6) is 0.574. The first-order chi connectivity index (χ1) is 15.4. The van der Waals surface area contributed by atoms with Gasteiger partial charge in [-0.3, -0.25) is 0 Å². The molecule has 3 aromatic rings. The molecule has 0 fully saturated rings. The first-order valence-electron chi connectivity index (χ1n) is 10.7. The molecular weight excluding hydrogens is 396 g/mol. The highest BCUT2D eigenvalue weighted by atomic mass is 16.3. The van der Waals surface area contributed by atoms with Gasteiger partial charge in [0.1, 0.15) is 17.2 Å². The van der Waals surface area contributed by atoms with Crippen LogP contribution in [0.1, 0.15) is 38.9 Å². The molecule has 0 heterocycles. The number of rotatable bonds is 10. The molecule has 3 aromatic carbocycles. The van der Waals surface area contributed by atoms with E-state index in [4.69, 9.17) is 0 Å². The second-order valence-electron chi connectivity index (χ2n) is 8.02. The third kappa shape index (κ3) is 5.50. The molecule has 0 aromatic heterocycles. The van der Waals surface area contributed by atoms with Gasteiger partial charge in [-0.15, -0.1) is 19.7 Å². The minimum absolute atomic E-state index is 0.180. The molecule has 0 spiro atoms. The summed E-state index contributed by atoms with van der Waals surface area (Å²) in [5.41, 5.74) is 6.08. The van der Waals surface area contributed by atoms with Crippen molar-refractivity contribution >= 4 is 0 Å². The number of phenols is 3. The van der Waals surface area contributed by atoms with Crippen molar-refractivity contribution in [1.29, 1.82) is 0 Å². The second kappa shape index (κ2) is 10.5. The molecule has 0 atom stereocenters. The topological polar surface area (TPSA) is 60.7 Å². The molecule has 0 unspecified atom stereocenters. The van der Waals surface area contributed by atoms with Crippen molar-refractivity contribution in [2.45, 2.75) is 32.1 Å². The summed E-state index contributed by atoms with van der Waals surface area (Å²) in [5, 5.41) is 31.9. The van der Waals surface area contributed by atoms with Gasteiger partial charge in [0.15, 0.2) is 0 Å². The molecular formula is C29H30O3. The van der Waals surface area contributed by atoms with E-state index < -0.39 is 0 Å². The molecule has 3 nitrogen and oxygen atoms in total. The Labute approximate surface area is 190 Å². The maximum Gasteiger partial charge on any atom is 0.122 e. The molecule has 3 rings (SSSR count). The largest absolute Gasteiger partial charge is 0.508 e. The van der Waals surface area contributed by atoms with Crippen molar-refractivity contribution in [1.82, 2.24) is 0 Å². The zero-order valence-electron chi connectivity index (χ0n) is 18.3. The van der Waals surface area contributed by atoms with E-state index >= 15 is 0 Å². The maximum atomic E-state index is 11.1. The molecule has 0 aliphatic rings. The van der Waals surface area contributed by atoms with E-state index in [-0.39, 0.29) is 17.2 Å². The lowest BCUT2D eigenvalue weighted by molar-refractivity contribution is 0.456. The van der Waals surface area contributed by atoms with Crippen molar-refractivity contribution < 1.29 is 15.3 Å². The molecule has 0 amide bonds. The summed E-state index contributed by atoms with van der Waals surface area (Å²) in [6.45, 7) is 11.4. The summed E-state index contributed by atoms with van der Waals surface area (Å²) in [7, 11) is 0. The minimum atomic E-state index is 0.180. The number of aromatic hydroxyl groups is 3. The van der Waals surface area contributed by atoms with Crippen molar-refractivity contribution in [3.63, 3.8) is 0 Å². The van der Waals surface area contributed by atoms with E-state index in [2.05, 4.69) is 19.7 Å². The lowest BCUT2D eigenvalue weighted by atomic mass is 9.92. The average Bonchev–Trinajstić information content (AvgIpc) is 2.76. The van der Waals surface area contributed by atoms with Crippen LogP contribution in [0, 0.1) is 0 Å². The van der Waals surface area contributed by atoms with Crippen molar-refractivity contribution in [3.8, 4) is 17.2 Å². The Morgan fingerprint density at radius 3 is 1.31 bits per heavy atom. The normalized spacial score (nSPS) is 10.6. The molecule has 3 heteroatoms. The zero-order valence-corrected chi connectivity index (χ0v) is 18.3. The van der Waals surface area contributed by atoms with Crippen LogP contribution < -0.4 is 0 Å². The fourth-order valence-electron chi connectivity index (χ4n) is 3.94. The van der Waals surface area contributed by atoms with Crippen LogP contribution >= 0.6 is 0 Å². The van der Waals surface area contributed by atoms with Gasteiger partial charge < -0.3 is 15.3 Å². The smallest absolute Gasteiger partial charge is 0.122 e. The molecule has 0 saturated carbocycles. The fourth-order valence-corrected chi connectivity index (χ4v) is 3.94. The highest BCUT2D eigenvalue weighted by molar-refractivity contribution is 5.51. The van der Waals surface area contributed by atoms with Gasteiger partial charge in [-0.2, -0.15) is 0 Å².